The van der Waals surface area contributed by atoms with Gasteiger partial charge in [-0.1, -0.05) is 21.1 Å². The maximum Gasteiger partial charge on any atom is 0.134 e. The zero-order valence-electron chi connectivity index (χ0n) is 8.72. The molecule has 16 heavy (non-hydrogen) atoms. The number of benzene rings is 1. The van der Waals surface area contributed by atoms with E-state index in [1.54, 1.807) is 16.9 Å². The van der Waals surface area contributed by atoms with Crippen LogP contribution in [-0.2, 0) is 13.7 Å². The maximum absolute atomic E-state index is 5.69. The number of aromatic nitrogens is 3. The highest BCUT2D eigenvalue weighted by Crippen LogP contribution is 2.23. The van der Waals surface area contributed by atoms with Gasteiger partial charge in [-0.05, 0) is 12.1 Å². The number of nitrogen functional groups attached to an aromatic ring is 1. The van der Waals surface area contributed by atoms with Gasteiger partial charge in [0.15, 0.2) is 0 Å². The van der Waals surface area contributed by atoms with Crippen molar-refractivity contribution in [3.05, 3.63) is 34.6 Å². The molecule has 1 heterocycles. The van der Waals surface area contributed by atoms with Gasteiger partial charge in [-0.25, -0.2) is 0 Å². The molecule has 0 spiro atoms. The van der Waals surface area contributed by atoms with Crippen molar-refractivity contribution in [1.29, 1.82) is 0 Å². The van der Waals surface area contributed by atoms with Crippen LogP contribution < -0.4 is 10.5 Å². The number of aryl methyl sites for hydroxylation is 1. The van der Waals surface area contributed by atoms with Crippen molar-refractivity contribution in [2.45, 2.75) is 6.61 Å². The summed E-state index contributed by atoms with van der Waals surface area (Å²) in [6.45, 7) is 0.379. The molecule has 0 aliphatic rings. The largest absolute Gasteiger partial charge is 0.487 e. The molecule has 0 amide bonds. The van der Waals surface area contributed by atoms with Gasteiger partial charge < -0.3 is 10.5 Å². The van der Waals surface area contributed by atoms with Gasteiger partial charge in [0.05, 0.1) is 6.20 Å². The van der Waals surface area contributed by atoms with Crippen molar-refractivity contribution in [2.75, 3.05) is 5.73 Å². The molecule has 0 aliphatic carbocycles. The summed E-state index contributed by atoms with van der Waals surface area (Å²) in [7, 11) is 1.81. The normalized spacial score (nSPS) is 10.4. The summed E-state index contributed by atoms with van der Waals surface area (Å²) in [5.74, 6) is 0.706. The fourth-order valence-electron chi connectivity index (χ4n) is 1.29. The quantitative estimate of drug-likeness (QED) is 0.871. The number of ether oxygens (including phenoxy) is 1. The minimum atomic E-state index is 0.379. The Balaban J connectivity index is 2.04. The van der Waals surface area contributed by atoms with Crippen LogP contribution in [0.4, 0.5) is 5.69 Å². The Kier molecular flexibility index (Phi) is 3.09. The molecule has 0 aliphatic heterocycles. The van der Waals surface area contributed by atoms with Crippen LogP contribution in [-0.4, -0.2) is 15.0 Å². The van der Waals surface area contributed by atoms with Crippen LogP contribution in [0.5, 0.6) is 5.75 Å². The second-order valence-corrected chi connectivity index (χ2v) is 4.31. The van der Waals surface area contributed by atoms with Crippen molar-refractivity contribution in [1.82, 2.24) is 15.0 Å². The Morgan fingerprint density at radius 3 is 2.88 bits per heavy atom. The molecule has 5 nitrogen and oxygen atoms in total. The van der Waals surface area contributed by atoms with Gasteiger partial charge in [0.2, 0.25) is 0 Å². The third-order valence-corrected chi connectivity index (χ3v) is 2.39. The topological polar surface area (TPSA) is 66.0 Å². The molecule has 1 aromatic carbocycles. The van der Waals surface area contributed by atoms with Crippen LogP contribution in [0.25, 0.3) is 0 Å². The van der Waals surface area contributed by atoms with E-state index in [1.165, 1.54) is 0 Å². The van der Waals surface area contributed by atoms with Crippen molar-refractivity contribution in [3.8, 4) is 5.75 Å². The Morgan fingerprint density at radius 2 is 2.25 bits per heavy atom. The Hall–Kier alpha value is -1.56. The summed E-state index contributed by atoms with van der Waals surface area (Å²) in [6, 6.07) is 5.43. The first-order valence-electron chi connectivity index (χ1n) is 4.67. The van der Waals surface area contributed by atoms with Gasteiger partial charge in [0, 0.05) is 23.3 Å². The summed E-state index contributed by atoms with van der Waals surface area (Å²) < 4.78 is 8.06. The number of hydrogen-bond acceptors (Lipinski definition) is 4. The van der Waals surface area contributed by atoms with Gasteiger partial charge in [-0.2, -0.15) is 0 Å². The molecule has 0 radical (unpaired) electrons. The Bertz CT molecular complexity index is 477. The van der Waals surface area contributed by atoms with Crippen LogP contribution in [0.2, 0.25) is 0 Å². The van der Waals surface area contributed by atoms with Crippen LogP contribution in [0.3, 0.4) is 0 Å². The van der Waals surface area contributed by atoms with Gasteiger partial charge in [-0.15, -0.1) is 5.10 Å². The smallest absolute Gasteiger partial charge is 0.134 e. The lowest BCUT2D eigenvalue weighted by molar-refractivity contribution is 0.301. The lowest BCUT2D eigenvalue weighted by atomic mass is 10.3. The van der Waals surface area contributed by atoms with E-state index in [4.69, 9.17) is 10.5 Å². The number of hydrogen-bond donors (Lipinski definition) is 1. The molecular formula is C10H11BrN4O. The number of halogens is 1. The highest BCUT2D eigenvalue weighted by molar-refractivity contribution is 9.10. The molecule has 2 rings (SSSR count). The molecule has 6 heteroatoms. The molecule has 2 aromatic rings. The zero-order valence-corrected chi connectivity index (χ0v) is 10.3. The first-order chi connectivity index (χ1) is 7.63. The summed E-state index contributed by atoms with van der Waals surface area (Å²) in [5.41, 5.74) is 7.13. The van der Waals surface area contributed by atoms with Crippen LogP contribution in [0, 0.1) is 0 Å². The molecule has 0 saturated heterocycles. The highest BCUT2D eigenvalue weighted by atomic mass is 79.9. The van der Waals surface area contributed by atoms with Gasteiger partial charge in [0.25, 0.3) is 0 Å². The Labute approximate surface area is 101 Å². The monoisotopic (exact) mass is 282 g/mol. The average molecular weight is 283 g/mol. The molecule has 2 N–H and O–H groups in total. The minimum Gasteiger partial charge on any atom is -0.487 e. The van der Waals surface area contributed by atoms with Crippen molar-refractivity contribution in [2.24, 2.45) is 7.05 Å². The maximum atomic E-state index is 5.69. The van der Waals surface area contributed by atoms with E-state index in [9.17, 15) is 0 Å². The third kappa shape index (κ3) is 2.73. The lowest BCUT2D eigenvalue weighted by Gasteiger charge is -2.05. The molecule has 84 valence electrons. The summed E-state index contributed by atoms with van der Waals surface area (Å²) in [4.78, 5) is 0. The molecule has 0 bridgehead atoms. The zero-order chi connectivity index (χ0) is 11.5. The second-order valence-electron chi connectivity index (χ2n) is 3.39. The molecule has 0 saturated carbocycles. The minimum absolute atomic E-state index is 0.379. The van der Waals surface area contributed by atoms with E-state index in [0.717, 1.165) is 10.2 Å². The van der Waals surface area contributed by atoms with Crippen molar-refractivity contribution >= 4 is 21.6 Å². The number of anilines is 1. The molecular weight excluding hydrogens is 272 g/mol. The van der Waals surface area contributed by atoms with E-state index in [2.05, 4.69) is 26.2 Å². The Morgan fingerprint density at radius 1 is 1.44 bits per heavy atom. The van der Waals surface area contributed by atoms with Gasteiger partial charge >= 0.3 is 0 Å². The summed E-state index contributed by atoms with van der Waals surface area (Å²) in [5, 5.41) is 7.74. The average Bonchev–Trinajstić information content (AvgIpc) is 2.60. The number of rotatable bonds is 3. The summed E-state index contributed by atoms with van der Waals surface area (Å²) >= 11 is 3.35. The molecule has 1 aromatic heterocycles. The predicted octanol–water partition coefficient (Wildman–Crippen LogP) is 1.74. The predicted molar refractivity (Wildman–Crippen MR) is 63.9 cm³/mol. The van der Waals surface area contributed by atoms with Crippen LogP contribution in [0.15, 0.2) is 28.9 Å². The number of nitrogens with two attached hydrogens (primary N) is 1. The van der Waals surface area contributed by atoms with Gasteiger partial charge in [0.1, 0.15) is 18.1 Å². The van der Waals surface area contributed by atoms with Crippen LogP contribution >= 0.6 is 15.9 Å². The molecule has 0 unspecified atom stereocenters. The van der Waals surface area contributed by atoms with E-state index in [1.807, 2.05) is 19.2 Å². The molecule has 0 atom stereocenters. The first-order valence-corrected chi connectivity index (χ1v) is 5.47. The third-order valence-electron chi connectivity index (χ3n) is 1.93. The standard InChI is InChI=1S/C10H11BrN4O/c1-15-5-9(13-14-15)6-16-10-3-7(11)2-8(12)4-10/h2-5H,6,12H2,1H3. The number of nitrogens with zero attached hydrogens (tertiary/aromatic N) is 3. The SMILES string of the molecule is Cn1cc(COc2cc(N)cc(Br)c2)nn1. The molecule has 0 fully saturated rings. The highest BCUT2D eigenvalue weighted by Gasteiger charge is 2.01. The van der Waals surface area contributed by atoms with Crippen LogP contribution in [0.1, 0.15) is 5.69 Å². The van der Waals surface area contributed by atoms with E-state index < -0.39 is 0 Å². The van der Waals surface area contributed by atoms with E-state index in [0.29, 0.717) is 18.0 Å². The second kappa shape index (κ2) is 4.52. The van der Waals surface area contributed by atoms with Crippen molar-refractivity contribution < 1.29 is 4.74 Å². The fourth-order valence-corrected chi connectivity index (χ4v) is 1.78. The first kappa shape index (κ1) is 10.9. The van der Waals surface area contributed by atoms with Gasteiger partial charge in [-0.3, -0.25) is 4.68 Å². The van der Waals surface area contributed by atoms with Crippen molar-refractivity contribution in [3.63, 3.8) is 0 Å². The lowest BCUT2D eigenvalue weighted by Crippen LogP contribution is -1.96. The van der Waals surface area contributed by atoms with E-state index in [-0.39, 0.29) is 0 Å². The fraction of sp³-hybridized carbons (Fsp3) is 0.200. The van der Waals surface area contributed by atoms with E-state index >= 15 is 0 Å². The summed E-state index contributed by atoms with van der Waals surface area (Å²) in [6.07, 6.45) is 1.81.